The van der Waals surface area contributed by atoms with Gasteiger partial charge in [-0.05, 0) is 18.1 Å². The number of hydrogen-bond donors (Lipinski definition) is 1. The standard InChI is InChI=1S/C17H24ClFN2O2/c1-12(2)16(21-6-8-23-9-7-21)11-20-17(22)10-13-14(18)4-3-5-15(13)19/h3-5,12,16H,6-11H2,1-2H3,(H,20,22)/t16-/m0/s1. The number of carbonyl (C=O) groups excluding carboxylic acids is 1. The van der Waals surface area contributed by atoms with Gasteiger partial charge in [0.2, 0.25) is 5.91 Å². The lowest BCUT2D eigenvalue weighted by molar-refractivity contribution is -0.120. The van der Waals surface area contributed by atoms with Gasteiger partial charge >= 0.3 is 0 Å². The lowest BCUT2D eigenvalue weighted by atomic mass is 10.0. The number of morpholine rings is 1. The number of ether oxygens (including phenoxy) is 1. The summed E-state index contributed by atoms with van der Waals surface area (Å²) in [6, 6.07) is 4.70. The van der Waals surface area contributed by atoms with E-state index in [1.54, 1.807) is 6.07 Å². The Morgan fingerprint density at radius 2 is 2.09 bits per heavy atom. The van der Waals surface area contributed by atoms with Crippen molar-refractivity contribution in [3.63, 3.8) is 0 Å². The van der Waals surface area contributed by atoms with Gasteiger partial charge < -0.3 is 10.1 Å². The molecule has 1 aromatic carbocycles. The zero-order chi connectivity index (χ0) is 16.8. The SMILES string of the molecule is CC(C)[C@H](CNC(=O)Cc1c(F)cccc1Cl)N1CCOCC1. The second-order valence-corrected chi connectivity index (χ2v) is 6.55. The number of benzene rings is 1. The van der Waals surface area contributed by atoms with Crippen LogP contribution in [0, 0.1) is 11.7 Å². The minimum absolute atomic E-state index is 0.0422. The van der Waals surface area contributed by atoms with E-state index < -0.39 is 5.82 Å². The van der Waals surface area contributed by atoms with Crippen LogP contribution in [0.3, 0.4) is 0 Å². The van der Waals surface area contributed by atoms with Gasteiger partial charge in [0.25, 0.3) is 0 Å². The maximum absolute atomic E-state index is 13.7. The highest BCUT2D eigenvalue weighted by Gasteiger charge is 2.24. The normalized spacial score (nSPS) is 17.3. The van der Waals surface area contributed by atoms with Crippen LogP contribution >= 0.6 is 11.6 Å². The molecule has 1 saturated heterocycles. The molecule has 4 nitrogen and oxygen atoms in total. The van der Waals surface area contributed by atoms with Gasteiger partial charge in [0.1, 0.15) is 5.82 Å². The van der Waals surface area contributed by atoms with Crippen LogP contribution in [0.4, 0.5) is 4.39 Å². The zero-order valence-electron chi connectivity index (χ0n) is 13.6. The van der Waals surface area contributed by atoms with Gasteiger partial charge in [-0.15, -0.1) is 0 Å². The molecule has 0 radical (unpaired) electrons. The summed E-state index contributed by atoms with van der Waals surface area (Å²) in [6.45, 7) is 8.02. The summed E-state index contributed by atoms with van der Waals surface area (Å²) in [4.78, 5) is 14.5. The van der Waals surface area contributed by atoms with E-state index in [9.17, 15) is 9.18 Å². The third-order valence-corrected chi connectivity index (χ3v) is 4.55. The predicted molar refractivity (Wildman–Crippen MR) is 89.1 cm³/mol. The number of carbonyl (C=O) groups is 1. The number of nitrogens with zero attached hydrogens (tertiary/aromatic N) is 1. The van der Waals surface area contributed by atoms with Crippen LogP contribution in [-0.2, 0) is 16.0 Å². The third-order valence-electron chi connectivity index (χ3n) is 4.19. The minimum atomic E-state index is -0.443. The highest BCUT2D eigenvalue weighted by molar-refractivity contribution is 6.31. The molecule has 1 N–H and O–H groups in total. The molecule has 1 heterocycles. The lowest BCUT2D eigenvalue weighted by Crippen LogP contribution is -2.51. The van der Waals surface area contributed by atoms with Gasteiger partial charge in [0, 0.05) is 36.3 Å². The minimum Gasteiger partial charge on any atom is -0.379 e. The Kier molecular flexibility index (Phi) is 6.81. The Labute approximate surface area is 141 Å². The second kappa shape index (κ2) is 8.62. The number of nitrogens with one attached hydrogen (secondary N) is 1. The molecular formula is C17H24ClFN2O2. The average molecular weight is 343 g/mol. The summed E-state index contributed by atoms with van der Waals surface area (Å²) in [5.41, 5.74) is 0.249. The molecule has 0 bridgehead atoms. The average Bonchev–Trinajstić information content (AvgIpc) is 2.52. The molecule has 2 rings (SSSR count). The molecule has 1 atom stereocenters. The van der Waals surface area contributed by atoms with E-state index in [1.165, 1.54) is 12.1 Å². The van der Waals surface area contributed by atoms with Crippen LogP contribution in [0.5, 0.6) is 0 Å². The Balaban J connectivity index is 1.91. The van der Waals surface area contributed by atoms with Gasteiger partial charge in [-0.1, -0.05) is 31.5 Å². The van der Waals surface area contributed by atoms with E-state index in [2.05, 4.69) is 24.1 Å². The first-order valence-corrected chi connectivity index (χ1v) is 8.38. The van der Waals surface area contributed by atoms with Crippen molar-refractivity contribution in [1.29, 1.82) is 0 Å². The fourth-order valence-electron chi connectivity index (χ4n) is 2.84. The first kappa shape index (κ1) is 18.2. The summed E-state index contributed by atoms with van der Waals surface area (Å²) >= 11 is 5.97. The fourth-order valence-corrected chi connectivity index (χ4v) is 3.07. The molecule has 1 fully saturated rings. The monoisotopic (exact) mass is 342 g/mol. The highest BCUT2D eigenvalue weighted by Crippen LogP contribution is 2.19. The van der Waals surface area contributed by atoms with Gasteiger partial charge in [-0.25, -0.2) is 4.39 Å². The predicted octanol–water partition coefficient (Wildman–Crippen LogP) is 2.49. The molecule has 0 saturated carbocycles. The summed E-state index contributed by atoms with van der Waals surface area (Å²) in [7, 11) is 0. The fraction of sp³-hybridized carbons (Fsp3) is 0.588. The smallest absolute Gasteiger partial charge is 0.224 e. The van der Waals surface area contributed by atoms with E-state index >= 15 is 0 Å². The molecule has 1 aromatic rings. The van der Waals surface area contributed by atoms with Crippen molar-refractivity contribution in [2.75, 3.05) is 32.8 Å². The van der Waals surface area contributed by atoms with E-state index in [0.717, 1.165) is 26.3 Å². The Morgan fingerprint density at radius 3 is 2.70 bits per heavy atom. The van der Waals surface area contributed by atoms with Crippen LogP contribution in [0.15, 0.2) is 18.2 Å². The van der Waals surface area contributed by atoms with Crippen molar-refractivity contribution in [3.05, 3.63) is 34.6 Å². The first-order valence-electron chi connectivity index (χ1n) is 8.00. The largest absolute Gasteiger partial charge is 0.379 e. The number of rotatable bonds is 6. The van der Waals surface area contributed by atoms with Gasteiger partial charge in [0.05, 0.1) is 19.6 Å². The van der Waals surface area contributed by atoms with Crippen molar-refractivity contribution >= 4 is 17.5 Å². The molecule has 1 aliphatic rings. The number of hydrogen-bond acceptors (Lipinski definition) is 3. The van der Waals surface area contributed by atoms with Crippen molar-refractivity contribution in [2.24, 2.45) is 5.92 Å². The quantitative estimate of drug-likeness (QED) is 0.863. The topological polar surface area (TPSA) is 41.6 Å². The van der Waals surface area contributed by atoms with Crippen molar-refractivity contribution in [2.45, 2.75) is 26.3 Å². The van der Waals surface area contributed by atoms with Gasteiger partial charge in [-0.3, -0.25) is 9.69 Å². The first-order chi connectivity index (χ1) is 11.0. The lowest BCUT2D eigenvalue weighted by Gasteiger charge is -2.36. The van der Waals surface area contributed by atoms with E-state index in [-0.39, 0.29) is 29.0 Å². The molecule has 0 unspecified atom stereocenters. The summed E-state index contributed by atoms with van der Waals surface area (Å²) in [5.74, 6) is -0.248. The Morgan fingerprint density at radius 1 is 1.39 bits per heavy atom. The van der Waals surface area contributed by atoms with Crippen LogP contribution in [0.1, 0.15) is 19.4 Å². The maximum Gasteiger partial charge on any atom is 0.224 e. The second-order valence-electron chi connectivity index (χ2n) is 6.14. The molecule has 128 valence electrons. The molecule has 0 spiro atoms. The summed E-state index contributed by atoms with van der Waals surface area (Å²) in [6.07, 6.45) is -0.0422. The molecule has 0 aliphatic carbocycles. The van der Waals surface area contributed by atoms with E-state index in [1.807, 2.05) is 0 Å². The molecule has 1 aliphatic heterocycles. The van der Waals surface area contributed by atoms with Crippen LogP contribution in [0.25, 0.3) is 0 Å². The molecule has 1 amide bonds. The molecule has 23 heavy (non-hydrogen) atoms. The highest BCUT2D eigenvalue weighted by atomic mass is 35.5. The summed E-state index contributed by atoms with van der Waals surface area (Å²) in [5, 5.41) is 3.20. The molecule has 0 aromatic heterocycles. The summed E-state index contributed by atoms with van der Waals surface area (Å²) < 4.78 is 19.1. The van der Waals surface area contributed by atoms with Gasteiger partial charge in [-0.2, -0.15) is 0 Å². The van der Waals surface area contributed by atoms with Crippen LogP contribution in [0.2, 0.25) is 5.02 Å². The maximum atomic E-state index is 13.7. The van der Waals surface area contributed by atoms with Crippen molar-refractivity contribution in [1.82, 2.24) is 10.2 Å². The van der Waals surface area contributed by atoms with Crippen LogP contribution < -0.4 is 5.32 Å². The molecule has 6 heteroatoms. The number of halogens is 2. The van der Waals surface area contributed by atoms with E-state index in [4.69, 9.17) is 16.3 Å². The van der Waals surface area contributed by atoms with Gasteiger partial charge in [0.15, 0.2) is 0 Å². The van der Waals surface area contributed by atoms with E-state index in [0.29, 0.717) is 12.5 Å². The van der Waals surface area contributed by atoms with Crippen molar-refractivity contribution in [3.8, 4) is 0 Å². The van der Waals surface area contributed by atoms with Crippen molar-refractivity contribution < 1.29 is 13.9 Å². The third kappa shape index (κ3) is 5.16. The van der Waals surface area contributed by atoms with Crippen LogP contribution in [-0.4, -0.2) is 49.7 Å². The number of amides is 1. The molecular weight excluding hydrogens is 319 g/mol. The Hall–Kier alpha value is -1.17. The zero-order valence-corrected chi connectivity index (χ0v) is 14.4. The Bertz CT molecular complexity index is 513.